The maximum absolute atomic E-state index is 12.7. The molecule has 1 heterocycles. The molecular weight excluding hydrogens is 322 g/mol. The Morgan fingerprint density at radius 3 is 2.31 bits per heavy atom. The Kier molecular flexibility index (Phi) is 6.63. The number of carbonyl (C=O) groups is 1. The van der Waals surface area contributed by atoms with Crippen LogP contribution in [0.2, 0.25) is 0 Å². The van der Waals surface area contributed by atoms with E-state index >= 15 is 0 Å². The maximum Gasteiger partial charge on any atom is 0.223 e. The Hall–Kier alpha value is -2.10. The zero-order chi connectivity index (χ0) is 19.4. The number of aryl methyl sites for hydroxylation is 2. The van der Waals surface area contributed by atoms with Crippen LogP contribution in [0.5, 0.6) is 0 Å². The summed E-state index contributed by atoms with van der Waals surface area (Å²) in [7, 11) is 1.90. The molecule has 0 saturated heterocycles. The van der Waals surface area contributed by atoms with Gasteiger partial charge in [-0.25, -0.2) is 0 Å². The molecule has 4 heteroatoms. The van der Waals surface area contributed by atoms with E-state index in [0.717, 1.165) is 18.7 Å². The third-order valence-electron chi connectivity index (χ3n) is 5.19. The van der Waals surface area contributed by atoms with Gasteiger partial charge in [0.05, 0.1) is 11.7 Å². The maximum atomic E-state index is 12.7. The summed E-state index contributed by atoms with van der Waals surface area (Å²) in [5.74, 6) is 0.734. The average Bonchev–Trinajstić information content (AvgIpc) is 2.85. The smallest absolute Gasteiger partial charge is 0.223 e. The molecule has 0 fully saturated rings. The number of hydrogen-bond donors (Lipinski definition) is 0. The van der Waals surface area contributed by atoms with Crippen molar-refractivity contribution in [1.82, 2.24) is 14.7 Å². The van der Waals surface area contributed by atoms with Crippen molar-refractivity contribution >= 4 is 5.91 Å². The molecule has 1 amide bonds. The number of nitrogens with zero attached hydrogens (tertiary/aromatic N) is 3. The molecule has 142 valence electrons. The van der Waals surface area contributed by atoms with Crippen LogP contribution in [-0.2, 0) is 17.8 Å². The van der Waals surface area contributed by atoms with E-state index in [1.54, 1.807) is 0 Å². The summed E-state index contributed by atoms with van der Waals surface area (Å²) in [5, 5.41) is 4.66. The van der Waals surface area contributed by atoms with Crippen LogP contribution in [0.3, 0.4) is 0 Å². The van der Waals surface area contributed by atoms with Crippen LogP contribution in [0.25, 0.3) is 0 Å². The van der Waals surface area contributed by atoms with Gasteiger partial charge >= 0.3 is 0 Å². The summed E-state index contributed by atoms with van der Waals surface area (Å²) in [6.07, 6.45) is 1.27. The highest BCUT2D eigenvalue weighted by molar-refractivity contribution is 5.76. The second-order valence-corrected chi connectivity index (χ2v) is 7.82. The van der Waals surface area contributed by atoms with Crippen molar-refractivity contribution in [3.05, 3.63) is 52.3 Å². The molecule has 0 N–H and O–H groups in total. The normalized spacial score (nSPS) is 12.5. The fraction of sp³-hybridized carbons (Fsp3) is 0.545. The predicted octanol–water partition coefficient (Wildman–Crippen LogP) is 4.62. The van der Waals surface area contributed by atoms with Gasteiger partial charge in [-0.2, -0.15) is 5.10 Å². The predicted molar refractivity (Wildman–Crippen MR) is 107 cm³/mol. The number of rotatable bonds is 7. The molecule has 0 aliphatic rings. The van der Waals surface area contributed by atoms with E-state index in [9.17, 15) is 4.79 Å². The Bertz CT molecular complexity index is 743. The molecule has 1 unspecified atom stereocenters. The first-order valence-electron chi connectivity index (χ1n) is 9.55. The van der Waals surface area contributed by atoms with Crippen molar-refractivity contribution < 1.29 is 4.79 Å². The first-order valence-corrected chi connectivity index (χ1v) is 9.55. The highest BCUT2D eigenvalue weighted by atomic mass is 16.2. The lowest BCUT2D eigenvalue weighted by atomic mass is 10.0. The summed E-state index contributed by atoms with van der Waals surface area (Å²) < 4.78 is 2.08. The van der Waals surface area contributed by atoms with E-state index < -0.39 is 0 Å². The Morgan fingerprint density at radius 1 is 1.12 bits per heavy atom. The molecule has 0 saturated carbocycles. The number of aromatic nitrogens is 2. The van der Waals surface area contributed by atoms with E-state index in [1.165, 1.54) is 22.4 Å². The third-order valence-corrected chi connectivity index (χ3v) is 5.19. The van der Waals surface area contributed by atoms with E-state index in [-0.39, 0.29) is 11.9 Å². The molecule has 1 aromatic heterocycles. The van der Waals surface area contributed by atoms with Crippen molar-refractivity contribution in [3.63, 3.8) is 0 Å². The van der Waals surface area contributed by atoms with Gasteiger partial charge < -0.3 is 4.90 Å². The summed E-state index contributed by atoms with van der Waals surface area (Å²) >= 11 is 0. The lowest BCUT2D eigenvalue weighted by Gasteiger charge is -2.25. The molecule has 4 nitrogen and oxygen atoms in total. The number of benzene rings is 1. The largest absolute Gasteiger partial charge is 0.339 e. The van der Waals surface area contributed by atoms with Gasteiger partial charge in [0.15, 0.2) is 0 Å². The van der Waals surface area contributed by atoms with Gasteiger partial charge in [-0.05, 0) is 51.2 Å². The van der Waals surface area contributed by atoms with Gasteiger partial charge in [0.25, 0.3) is 0 Å². The summed E-state index contributed by atoms with van der Waals surface area (Å²) in [6, 6.07) is 8.48. The molecule has 26 heavy (non-hydrogen) atoms. The first kappa shape index (κ1) is 20.2. The van der Waals surface area contributed by atoms with Crippen molar-refractivity contribution in [2.75, 3.05) is 7.05 Å². The van der Waals surface area contributed by atoms with E-state index in [2.05, 4.69) is 68.7 Å². The van der Waals surface area contributed by atoms with Gasteiger partial charge in [-0.15, -0.1) is 0 Å². The van der Waals surface area contributed by atoms with Crippen LogP contribution >= 0.6 is 0 Å². The monoisotopic (exact) mass is 355 g/mol. The van der Waals surface area contributed by atoms with Crippen molar-refractivity contribution in [2.45, 2.75) is 67.0 Å². The van der Waals surface area contributed by atoms with Gasteiger partial charge in [0.2, 0.25) is 5.91 Å². The molecule has 0 aliphatic carbocycles. The quantitative estimate of drug-likeness (QED) is 0.727. The molecule has 0 aliphatic heterocycles. The molecule has 0 spiro atoms. The van der Waals surface area contributed by atoms with Crippen molar-refractivity contribution in [1.29, 1.82) is 0 Å². The number of carbonyl (C=O) groups excluding carboxylic acids is 1. The number of hydrogen-bond acceptors (Lipinski definition) is 2. The van der Waals surface area contributed by atoms with Crippen LogP contribution in [0.4, 0.5) is 0 Å². The van der Waals surface area contributed by atoms with E-state index in [1.807, 2.05) is 18.9 Å². The third kappa shape index (κ3) is 4.75. The van der Waals surface area contributed by atoms with Gasteiger partial charge in [0, 0.05) is 25.7 Å². The lowest BCUT2D eigenvalue weighted by Crippen LogP contribution is -2.29. The van der Waals surface area contributed by atoms with Crippen LogP contribution in [0.1, 0.15) is 61.3 Å². The zero-order valence-electron chi connectivity index (χ0n) is 17.3. The molecule has 1 aromatic carbocycles. The molecule has 0 bridgehead atoms. The highest BCUT2D eigenvalue weighted by Gasteiger charge is 2.19. The zero-order valence-corrected chi connectivity index (χ0v) is 17.3. The topological polar surface area (TPSA) is 38.1 Å². The standard InChI is InChI=1S/C22H33N3O/c1-15(2)14-25-19(6)21(17(4)23-25)12-13-22(26)24(7)18(5)20-10-8-16(3)9-11-20/h8-11,15,18H,12-14H2,1-7H3. The lowest BCUT2D eigenvalue weighted by molar-refractivity contribution is -0.131. The molecule has 1 atom stereocenters. The summed E-state index contributed by atoms with van der Waals surface area (Å²) in [6.45, 7) is 13.6. The van der Waals surface area contributed by atoms with Crippen LogP contribution < -0.4 is 0 Å². The fourth-order valence-corrected chi connectivity index (χ4v) is 3.31. The molecule has 2 rings (SSSR count). The first-order chi connectivity index (χ1) is 12.2. The minimum Gasteiger partial charge on any atom is -0.339 e. The molecular formula is C22H33N3O. The second-order valence-electron chi connectivity index (χ2n) is 7.82. The van der Waals surface area contributed by atoms with E-state index in [0.29, 0.717) is 12.3 Å². The summed E-state index contributed by atoms with van der Waals surface area (Å²) in [5.41, 5.74) is 5.86. The van der Waals surface area contributed by atoms with Gasteiger partial charge in [0.1, 0.15) is 0 Å². The molecule has 2 aromatic rings. The highest BCUT2D eigenvalue weighted by Crippen LogP contribution is 2.22. The van der Waals surface area contributed by atoms with Crippen molar-refractivity contribution in [2.24, 2.45) is 5.92 Å². The Labute approximate surface area is 158 Å². The Morgan fingerprint density at radius 2 is 1.73 bits per heavy atom. The molecule has 0 radical (unpaired) electrons. The second kappa shape index (κ2) is 8.52. The average molecular weight is 356 g/mol. The fourth-order valence-electron chi connectivity index (χ4n) is 3.31. The van der Waals surface area contributed by atoms with Gasteiger partial charge in [-0.1, -0.05) is 43.7 Å². The Balaban J connectivity index is 2.01. The van der Waals surface area contributed by atoms with Crippen LogP contribution in [0, 0.1) is 26.7 Å². The van der Waals surface area contributed by atoms with Crippen LogP contribution in [-0.4, -0.2) is 27.6 Å². The van der Waals surface area contributed by atoms with Gasteiger partial charge in [-0.3, -0.25) is 9.48 Å². The SMILES string of the molecule is Cc1ccc(C(C)N(C)C(=O)CCc2c(C)nn(CC(C)C)c2C)cc1. The minimum atomic E-state index is 0.0777. The minimum absolute atomic E-state index is 0.0777. The van der Waals surface area contributed by atoms with Crippen LogP contribution in [0.15, 0.2) is 24.3 Å². The summed E-state index contributed by atoms with van der Waals surface area (Å²) in [4.78, 5) is 14.6. The van der Waals surface area contributed by atoms with E-state index in [4.69, 9.17) is 0 Å². The number of amides is 1. The van der Waals surface area contributed by atoms with Crippen molar-refractivity contribution in [3.8, 4) is 0 Å².